The lowest BCUT2D eigenvalue weighted by molar-refractivity contribution is 0.539. The zero-order chi connectivity index (χ0) is 16.7. The third-order valence-electron chi connectivity index (χ3n) is 3.76. The van der Waals surface area contributed by atoms with Crippen LogP contribution in [0.1, 0.15) is 17.2 Å². The van der Waals surface area contributed by atoms with E-state index in [2.05, 4.69) is 36.8 Å². The molecular formula is C16H10BrClFN5. The smallest absolute Gasteiger partial charge is 0.248 e. The van der Waals surface area contributed by atoms with Gasteiger partial charge < -0.3 is 5.32 Å². The van der Waals surface area contributed by atoms with Gasteiger partial charge in [-0.25, -0.2) is 4.39 Å². The van der Waals surface area contributed by atoms with Crippen LogP contribution in [0.4, 0.5) is 10.3 Å². The van der Waals surface area contributed by atoms with Crippen LogP contribution < -0.4 is 5.32 Å². The lowest BCUT2D eigenvalue weighted by Gasteiger charge is -2.24. The Hall–Kier alpha value is -2.25. The molecule has 0 radical (unpaired) electrons. The van der Waals surface area contributed by atoms with Gasteiger partial charge in [0.25, 0.3) is 0 Å². The average molecular weight is 407 g/mol. The molecule has 4 rings (SSSR count). The maximum absolute atomic E-state index is 14.4. The van der Waals surface area contributed by atoms with Crippen LogP contribution in [0.25, 0.3) is 5.70 Å². The fourth-order valence-electron chi connectivity index (χ4n) is 2.61. The third kappa shape index (κ3) is 2.70. The number of rotatable bonds is 2. The Morgan fingerprint density at radius 3 is 2.75 bits per heavy atom. The molecule has 120 valence electrons. The summed E-state index contributed by atoms with van der Waals surface area (Å²) in [7, 11) is 0. The van der Waals surface area contributed by atoms with Crippen molar-refractivity contribution in [3.05, 3.63) is 75.0 Å². The first kappa shape index (κ1) is 15.3. The Morgan fingerprint density at radius 1 is 1.17 bits per heavy atom. The molecule has 2 heterocycles. The quantitative estimate of drug-likeness (QED) is 0.690. The van der Waals surface area contributed by atoms with Crippen LogP contribution in [-0.4, -0.2) is 20.2 Å². The second-order valence-electron chi connectivity index (χ2n) is 5.27. The number of anilines is 1. The topological polar surface area (TPSA) is 55.6 Å². The van der Waals surface area contributed by atoms with Crippen molar-refractivity contribution < 1.29 is 4.39 Å². The van der Waals surface area contributed by atoms with E-state index in [1.54, 1.807) is 28.9 Å². The Kier molecular flexibility index (Phi) is 3.82. The number of hydrogen-bond donors (Lipinski definition) is 1. The van der Waals surface area contributed by atoms with E-state index in [1.165, 1.54) is 6.07 Å². The van der Waals surface area contributed by atoms with Gasteiger partial charge in [0, 0.05) is 20.8 Å². The van der Waals surface area contributed by atoms with Crippen LogP contribution in [0.2, 0.25) is 5.02 Å². The van der Waals surface area contributed by atoms with Crippen molar-refractivity contribution in [1.82, 2.24) is 20.2 Å². The minimum absolute atomic E-state index is 0.321. The molecule has 0 saturated carbocycles. The van der Waals surface area contributed by atoms with Crippen LogP contribution in [0.3, 0.4) is 0 Å². The monoisotopic (exact) mass is 405 g/mol. The molecule has 0 amide bonds. The number of fused-ring (bicyclic) bond motifs is 1. The summed E-state index contributed by atoms with van der Waals surface area (Å²) < 4.78 is 16.7. The summed E-state index contributed by atoms with van der Waals surface area (Å²) in [6.07, 6.45) is 1.89. The molecule has 1 aromatic heterocycles. The number of halogens is 3. The minimum Gasteiger partial charge on any atom is -0.323 e. The number of allylic oxidation sites excluding steroid dienone is 1. The second kappa shape index (κ2) is 5.99. The molecule has 1 N–H and O–H groups in total. The summed E-state index contributed by atoms with van der Waals surface area (Å²) in [6, 6.07) is 11.7. The Bertz CT molecular complexity index is 938. The van der Waals surface area contributed by atoms with Crippen LogP contribution in [0, 0.1) is 5.82 Å². The van der Waals surface area contributed by atoms with Crippen LogP contribution in [0.15, 0.2) is 53.0 Å². The molecule has 0 bridgehead atoms. The van der Waals surface area contributed by atoms with Crippen molar-refractivity contribution >= 4 is 39.2 Å². The molecule has 3 aromatic rings. The van der Waals surface area contributed by atoms with Gasteiger partial charge in [-0.3, -0.25) is 0 Å². The zero-order valence-corrected chi connectivity index (χ0v) is 14.5. The first-order valence-electron chi connectivity index (χ1n) is 7.09. The van der Waals surface area contributed by atoms with Gasteiger partial charge in [0.1, 0.15) is 11.9 Å². The lowest BCUT2D eigenvalue weighted by Crippen LogP contribution is -2.21. The molecule has 1 aliphatic heterocycles. The van der Waals surface area contributed by atoms with Crippen LogP contribution >= 0.6 is 27.5 Å². The van der Waals surface area contributed by atoms with E-state index in [0.717, 1.165) is 15.7 Å². The van der Waals surface area contributed by atoms with E-state index in [4.69, 9.17) is 11.6 Å². The van der Waals surface area contributed by atoms with Gasteiger partial charge in [-0.1, -0.05) is 44.8 Å². The van der Waals surface area contributed by atoms with Crippen molar-refractivity contribution in [2.45, 2.75) is 6.04 Å². The number of benzene rings is 2. The first-order valence-corrected chi connectivity index (χ1v) is 8.26. The van der Waals surface area contributed by atoms with Gasteiger partial charge in [0.05, 0.1) is 0 Å². The maximum Gasteiger partial charge on any atom is 0.248 e. The molecule has 1 aliphatic rings. The van der Waals surface area contributed by atoms with Gasteiger partial charge in [-0.2, -0.15) is 4.68 Å². The highest BCUT2D eigenvalue weighted by Gasteiger charge is 2.26. The first-order chi connectivity index (χ1) is 11.6. The summed E-state index contributed by atoms with van der Waals surface area (Å²) in [5.41, 5.74) is 2.18. The predicted molar refractivity (Wildman–Crippen MR) is 93.1 cm³/mol. The van der Waals surface area contributed by atoms with Gasteiger partial charge in [0.15, 0.2) is 0 Å². The fraction of sp³-hybridized carbons (Fsp3) is 0.0625. The third-order valence-corrected chi connectivity index (χ3v) is 4.50. The highest BCUT2D eigenvalue weighted by Crippen LogP contribution is 2.34. The average Bonchev–Trinajstić information content (AvgIpc) is 3.05. The molecule has 0 unspecified atom stereocenters. The van der Waals surface area contributed by atoms with Crippen LogP contribution in [-0.2, 0) is 0 Å². The van der Waals surface area contributed by atoms with Crippen molar-refractivity contribution in [2.24, 2.45) is 0 Å². The number of nitrogens with zero attached hydrogens (tertiary/aromatic N) is 4. The van der Waals surface area contributed by atoms with Crippen molar-refractivity contribution in [3.63, 3.8) is 0 Å². The van der Waals surface area contributed by atoms with E-state index >= 15 is 0 Å². The standard InChI is InChI=1S/C16H10BrClFN5/c17-10-3-6-13(19)12(7-10)15-8-14(9-1-4-11(18)5-2-9)20-16-21-22-23-24(15)16/h1-8,15H,(H,20,21,23)/t15-/m1/s1. The number of hydrogen-bond acceptors (Lipinski definition) is 4. The molecular weight excluding hydrogens is 397 g/mol. The van der Waals surface area contributed by atoms with Crippen molar-refractivity contribution in [3.8, 4) is 0 Å². The number of tetrazole rings is 1. The summed E-state index contributed by atoms with van der Waals surface area (Å²) in [5, 5.41) is 15.4. The summed E-state index contributed by atoms with van der Waals surface area (Å²) in [4.78, 5) is 0. The van der Waals surface area contributed by atoms with Gasteiger partial charge in [-0.05, 0) is 52.4 Å². The van der Waals surface area contributed by atoms with E-state index in [9.17, 15) is 4.39 Å². The van der Waals surface area contributed by atoms with E-state index < -0.39 is 6.04 Å². The van der Waals surface area contributed by atoms with Crippen molar-refractivity contribution in [2.75, 3.05) is 5.32 Å². The molecule has 8 heteroatoms. The maximum atomic E-state index is 14.4. The summed E-state index contributed by atoms with van der Waals surface area (Å²) >= 11 is 9.33. The molecule has 2 aromatic carbocycles. The molecule has 5 nitrogen and oxygen atoms in total. The lowest BCUT2D eigenvalue weighted by atomic mass is 10.0. The number of nitrogens with one attached hydrogen (secondary N) is 1. The molecule has 0 fully saturated rings. The minimum atomic E-state index is -0.459. The highest BCUT2D eigenvalue weighted by molar-refractivity contribution is 9.10. The van der Waals surface area contributed by atoms with Gasteiger partial charge >= 0.3 is 0 Å². The Balaban J connectivity index is 1.85. The number of aromatic nitrogens is 4. The Labute approximate surface area is 150 Å². The molecule has 0 spiro atoms. The molecule has 1 atom stereocenters. The van der Waals surface area contributed by atoms with Gasteiger partial charge in [-0.15, -0.1) is 0 Å². The summed E-state index contributed by atoms with van der Waals surface area (Å²) in [6.45, 7) is 0. The molecule has 24 heavy (non-hydrogen) atoms. The Morgan fingerprint density at radius 2 is 1.96 bits per heavy atom. The second-order valence-corrected chi connectivity index (χ2v) is 6.62. The van der Waals surface area contributed by atoms with E-state index in [0.29, 0.717) is 16.5 Å². The van der Waals surface area contributed by atoms with E-state index in [-0.39, 0.29) is 5.82 Å². The fourth-order valence-corrected chi connectivity index (χ4v) is 3.12. The van der Waals surface area contributed by atoms with Crippen LogP contribution in [0.5, 0.6) is 0 Å². The molecule has 0 saturated heterocycles. The normalized spacial score (nSPS) is 16.3. The van der Waals surface area contributed by atoms with Crippen molar-refractivity contribution in [1.29, 1.82) is 0 Å². The molecule has 0 aliphatic carbocycles. The zero-order valence-electron chi connectivity index (χ0n) is 12.1. The van der Waals surface area contributed by atoms with E-state index in [1.807, 2.05) is 18.2 Å². The summed E-state index contributed by atoms with van der Waals surface area (Å²) in [5.74, 6) is 0.130. The predicted octanol–water partition coefficient (Wildman–Crippen LogP) is 4.28. The SMILES string of the molecule is Fc1ccc(Br)cc1[C@H]1C=C(c2ccc(Cl)cc2)Nc2nnnn21. The highest BCUT2D eigenvalue weighted by atomic mass is 79.9. The largest absolute Gasteiger partial charge is 0.323 e. The van der Waals surface area contributed by atoms with Gasteiger partial charge in [0.2, 0.25) is 5.95 Å².